The average molecular weight is 288 g/mol. The lowest BCUT2D eigenvalue weighted by Crippen LogP contribution is -2.32. The van der Waals surface area contributed by atoms with E-state index < -0.39 is 0 Å². The zero-order chi connectivity index (χ0) is 14.3. The Morgan fingerprint density at radius 2 is 2.20 bits per heavy atom. The molecule has 3 rings (SSSR count). The van der Waals surface area contributed by atoms with Gasteiger partial charge in [0.25, 0.3) is 5.91 Å². The number of carbonyl (C=O) groups is 1. The van der Waals surface area contributed by atoms with E-state index in [9.17, 15) is 4.79 Å². The summed E-state index contributed by atoms with van der Waals surface area (Å²) in [5, 5.41) is 4.14. The normalized spacial score (nSPS) is 22.3. The number of hydrogen-bond acceptors (Lipinski definition) is 3. The van der Waals surface area contributed by atoms with Crippen LogP contribution >= 0.6 is 11.3 Å². The van der Waals surface area contributed by atoms with Gasteiger partial charge in [-0.05, 0) is 37.7 Å². The minimum absolute atomic E-state index is 0.0119. The standard InChI is InChI=1S/C16H20N2OS/c1-9-6-7-11(8-9)18-16(19)15-13(17)12-5-3-4-10(2)14(12)20-15/h3-5,9,11H,6-8,17H2,1-2H3,(H,18,19). The Bertz CT molecular complexity index is 662. The van der Waals surface area contributed by atoms with Crippen LogP contribution in [0.4, 0.5) is 5.69 Å². The van der Waals surface area contributed by atoms with Gasteiger partial charge >= 0.3 is 0 Å². The minimum atomic E-state index is -0.0119. The first kappa shape index (κ1) is 13.4. The fraction of sp³-hybridized carbons (Fsp3) is 0.438. The van der Waals surface area contributed by atoms with Crippen molar-refractivity contribution in [2.75, 3.05) is 5.73 Å². The van der Waals surface area contributed by atoms with Crippen LogP contribution in [0.5, 0.6) is 0 Å². The highest BCUT2D eigenvalue weighted by molar-refractivity contribution is 7.21. The maximum Gasteiger partial charge on any atom is 0.263 e. The Labute approximate surface area is 123 Å². The van der Waals surface area contributed by atoms with Crippen molar-refractivity contribution in [2.45, 2.75) is 39.2 Å². The Balaban J connectivity index is 1.88. The van der Waals surface area contributed by atoms with Crippen LogP contribution in [0.1, 0.15) is 41.4 Å². The van der Waals surface area contributed by atoms with E-state index in [4.69, 9.17) is 5.73 Å². The van der Waals surface area contributed by atoms with Gasteiger partial charge in [-0.25, -0.2) is 0 Å². The second kappa shape index (κ2) is 5.09. The number of nitrogens with one attached hydrogen (secondary N) is 1. The van der Waals surface area contributed by atoms with Gasteiger partial charge in [0.05, 0.1) is 5.69 Å². The van der Waals surface area contributed by atoms with E-state index in [-0.39, 0.29) is 5.91 Å². The van der Waals surface area contributed by atoms with Crippen molar-refractivity contribution in [1.82, 2.24) is 5.32 Å². The molecule has 4 heteroatoms. The van der Waals surface area contributed by atoms with Gasteiger partial charge < -0.3 is 11.1 Å². The molecule has 1 aromatic carbocycles. The molecule has 20 heavy (non-hydrogen) atoms. The lowest BCUT2D eigenvalue weighted by atomic mass is 10.1. The average Bonchev–Trinajstić information content (AvgIpc) is 2.95. The molecular formula is C16H20N2OS. The fourth-order valence-electron chi connectivity index (χ4n) is 3.04. The van der Waals surface area contributed by atoms with E-state index in [2.05, 4.69) is 25.2 Å². The van der Waals surface area contributed by atoms with Crippen LogP contribution in [-0.4, -0.2) is 11.9 Å². The van der Waals surface area contributed by atoms with Gasteiger partial charge in [-0.3, -0.25) is 4.79 Å². The van der Waals surface area contributed by atoms with Crippen LogP contribution in [0.2, 0.25) is 0 Å². The van der Waals surface area contributed by atoms with Crippen LogP contribution in [0.15, 0.2) is 18.2 Å². The molecule has 1 aliphatic rings. The lowest BCUT2D eigenvalue weighted by Gasteiger charge is -2.11. The van der Waals surface area contributed by atoms with Gasteiger partial charge in [0.1, 0.15) is 4.88 Å². The van der Waals surface area contributed by atoms with Crippen molar-refractivity contribution >= 4 is 33.0 Å². The van der Waals surface area contributed by atoms with E-state index in [1.807, 2.05) is 12.1 Å². The van der Waals surface area contributed by atoms with Crippen molar-refractivity contribution in [3.63, 3.8) is 0 Å². The number of amides is 1. The summed E-state index contributed by atoms with van der Waals surface area (Å²) in [5.74, 6) is 0.699. The minimum Gasteiger partial charge on any atom is -0.397 e. The number of aryl methyl sites for hydroxylation is 1. The van der Waals surface area contributed by atoms with Crippen LogP contribution in [0, 0.1) is 12.8 Å². The molecule has 0 spiro atoms. The molecule has 1 aliphatic carbocycles. The molecule has 1 fully saturated rings. The van der Waals surface area contributed by atoms with Crippen molar-refractivity contribution < 1.29 is 4.79 Å². The van der Waals surface area contributed by atoms with E-state index in [0.29, 0.717) is 22.5 Å². The van der Waals surface area contributed by atoms with Gasteiger partial charge in [-0.1, -0.05) is 25.1 Å². The van der Waals surface area contributed by atoms with Crippen molar-refractivity contribution in [1.29, 1.82) is 0 Å². The Hall–Kier alpha value is -1.55. The first-order valence-corrected chi connectivity index (χ1v) is 7.96. The molecule has 2 aromatic rings. The number of carbonyl (C=O) groups excluding carboxylic acids is 1. The molecule has 106 valence electrons. The highest BCUT2D eigenvalue weighted by Crippen LogP contribution is 2.36. The number of rotatable bonds is 2. The fourth-order valence-corrected chi connectivity index (χ4v) is 4.13. The Morgan fingerprint density at radius 3 is 2.85 bits per heavy atom. The maximum atomic E-state index is 12.4. The summed E-state index contributed by atoms with van der Waals surface area (Å²) in [6, 6.07) is 6.34. The molecule has 0 radical (unpaired) electrons. The third kappa shape index (κ3) is 2.29. The highest BCUT2D eigenvalue weighted by Gasteiger charge is 2.25. The summed E-state index contributed by atoms with van der Waals surface area (Å²) >= 11 is 1.51. The summed E-state index contributed by atoms with van der Waals surface area (Å²) in [4.78, 5) is 13.1. The molecule has 1 saturated carbocycles. The predicted octanol–water partition coefficient (Wildman–Crippen LogP) is 3.71. The van der Waals surface area contributed by atoms with Gasteiger partial charge in [0, 0.05) is 16.1 Å². The van der Waals surface area contributed by atoms with E-state index in [1.54, 1.807) is 0 Å². The quantitative estimate of drug-likeness (QED) is 0.885. The van der Waals surface area contributed by atoms with Crippen LogP contribution in [-0.2, 0) is 0 Å². The maximum absolute atomic E-state index is 12.4. The number of fused-ring (bicyclic) bond motifs is 1. The summed E-state index contributed by atoms with van der Waals surface area (Å²) < 4.78 is 1.12. The zero-order valence-electron chi connectivity index (χ0n) is 11.9. The molecule has 1 amide bonds. The van der Waals surface area contributed by atoms with E-state index in [0.717, 1.165) is 22.9 Å². The number of hydrogen-bond donors (Lipinski definition) is 2. The molecular weight excluding hydrogens is 268 g/mol. The number of benzene rings is 1. The molecule has 0 aliphatic heterocycles. The van der Waals surface area contributed by atoms with E-state index in [1.165, 1.54) is 23.3 Å². The second-order valence-corrected chi connectivity index (χ2v) is 6.91. The number of nitrogen functional groups attached to an aromatic ring is 1. The van der Waals surface area contributed by atoms with Crippen LogP contribution < -0.4 is 11.1 Å². The monoisotopic (exact) mass is 288 g/mol. The Morgan fingerprint density at radius 1 is 1.40 bits per heavy atom. The number of thiophene rings is 1. The molecule has 1 heterocycles. The first-order chi connectivity index (χ1) is 9.56. The molecule has 2 unspecified atom stereocenters. The molecule has 0 bridgehead atoms. The smallest absolute Gasteiger partial charge is 0.263 e. The molecule has 3 nitrogen and oxygen atoms in total. The molecule has 1 aromatic heterocycles. The summed E-state index contributed by atoms with van der Waals surface area (Å²) in [6.07, 6.45) is 3.36. The van der Waals surface area contributed by atoms with Crippen molar-refractivity contribution in [2.24, 2.45) is 5.92 Å². The first-order valence-electron chi connectivity index (χ1n) is 7.14. The summed E-state index contributed by atoms with van der Waals surface area (Å²) in [6.45, 7) is 4.29. The summed E-state index contributed by atoms with van der Waals surface area (Å²) in [7, 11) is 0. The van der Waals surface area contributed by atoms with Gasteiger partial charge in [-0.15, -0.1) is 11.3 Å². The van der Waals surface area contributed by atoms with Gasteiger partial charge in [0.2, 0.25) is 0 Å². The van der Waals surface area contributed by atoms with Crippen LogP contribution in [0.3, 0.4) is 0 Å². The number of anilines is 1. The number of nitrogens with two attached hydrogens (primary N) is 1. The summed E-state index contributed by atoms with van der Waals surface area (Å²) in [5.41, 5.74) is 7.96. The van der Waals surface area contributed by atoms with Gasteiger partial charge in [-0.2, -0.15) is 0 Å². The van der Waals surface area contributed by atoms with Crippen LogP contribution in [0.25, 0.3) is 10.1 Å². The predicted molar refractivity (Wildman–Crippen MR) is 85.2 cm³/mol. The van der Waals surface area contributed by atoms with Crippen molar-refractivity contribution in [3.8, 4) is 0 Å². The van der Waals surface area contributed by atoms with Crippen molar-refractivity contribution in [3.05, 3.63) is 28.6 Å². The third-order valence-corrected chi connectivity index (χ3v) is 5.54. The topological polar surface area (TPSA) is 55.1 Å². The third-order valence-electron chi connectivity index (χ3n) is 4.19. The molecule has 2 atom stereocenters. The molecule has 0 saturated heterocycles. The largest absolute Gasteiger partial charge is 0.397 e. The second-order valence-electron chi connectivity index (χ2n) is 5.89. The Kier molecular flexibility index (Phi) is 3.42. The van der Waals surface area contributed by atoms with E-state index >= 15 is 0 Å². The van der Waals surface area contributed by atoms with Gasteiger partial charge in [0.15, 0.2) is 0 Å². The zero-order valence-corrected chi connectivity index (χ0v) is 12.7. The SMILES string of the molecule is Cc1cccc2c(N)c(C(=O)NC3CCC(C)C3)sc12. The lowest BCUT2D eigenvalue weighted by molar-refractivity contribution is 0.0942. The molecule has 3 N–H and O–H groups in total. The highest BCUT2D eigenvalue weighted by atomic mass is 32.1.